The number of hydrogen-bond acceptors (Lipinski definition) is 2. The molecule has 222 valence electrons. The van der Waals surface area contributed by atoms with Crippen molar-refractivity contribution in [3.63, 3.8) is 0 Å². The Morgan fingerprint density at radius 1 is 0.511 bits per heavy atom. The lowest BCUT2D eigenvalue weighted by Crippen LogP contribution is -2.31. The SMILES string of the molecule is O=C(C1=CNC(=O)C(c2ccccc2)C(c2ccc(Cl)cc2)=C(c2ccc(Cl)cc2)C1c1ccc(Cl)cc1)c1ccc(Cl)cc1. The number of halogens is 4. The minimum absolute atomic E-state index is 0.257. The number of ketones is 1. The molecular weight excluding hydrogens is 644 g/mol. The first kappa shape index (κ1) is 30.9. The molecular formula is C38H25Cl4NO2. The van der Waals surface area contributed by atoms with Gasteiger partial charge in [-0.3, -0.25) is 9.59 Å². The summed E-state index contributed by atoms with van der Waals surface area (Å²) in [5, 5.41) is 5.19. The predicted octanol–water partition coefficient (Wildman–Crippen LogP) is 10.7. The highest BCUT2D eigenvalue weighted by atomic mass is 35.5. The summed E-state index contributed by atoms with van der Waals surface area (Å²) in [5.41, 5.74) is 5.50. The normalized spacial score (nSPS) is 16.8. The van der Waals surface area contributed by atoms with Crippen molar-refractivity contribution < 1.29 is 9.59 Å². The molecule has 1 amide bonds. The van der Waals surface area contributed by atoms with E-state index in [1.54, 1.807) is 54.7 Å². The molecule has 1 aliphatic rings. The molecule has 1 heterocycles. The summed E-state index contributed by atoms with van der Waals surface area (Å²) in [7, 11) is 0. The van der Waals surface area contributed by atoms with Crippen LogP contribution in [0.3, 0.4) is 0 Å². The van der Waals surface area contributed by atoms with Gasteiger partial charge in [0.25, 0.3) is 0 Å². The van der Waals surface area contributed by atoms with Crippen LogP contribution in [0.1, 0.15) is 44.4 Å². The second kappa shape index (κ2) is 13.5. The van der Waals surface area contributed by atoms with Gasteiger partial charge in [0.2, 0.25) is 5.91 Å². The van der Waals surface area contributed by atoms with Crippen LogP contribution in [0, 0.1) is 0 Å². The minimum Gasteiger partial charge on any atom is -0.331 e. The van der Waals surface area contributed by atoms with Crippen molar-refractivity contribution in [3.05, 3.63) is 187 Å². The van der Waals surface area contributed by atoms with Gasteiger partial charge in [0.05, 0.1) is 5.92 Å². The maximum Gasteiger partial charge on any atom is 0.235 e. The average Bonchev–Trinajstić information content (AvgIpc) is 3.05. The highest BCUT2D eigenvalue weighted by Crippen LogP contribution is 2.49. The van der Waals surface area contributed by atoms with Crippen LogP contribution in [-0.2, 0) is 4.79 Å². The number of nitrogens with one attached hydrogen (secondary N) is 1. The molecule has 1 aliphatic heterocycles. The van der Waals surface area contributed by atoms with Crippen LogP contribution >= 0.6 is 46.4 Å². The van der Waals surface area contributed by atoms with Crippen molar-refractivity contribution in [2.45, 2.75) is 11.8 Å². The Balaban J connectivity index is 1.75. The second-order valence-corrected chi connectivity index (χ2v) is 12.4. The largest absolute Gasteiger partial charge is 0.331 e. The Hall–Kier alpha value is -4.12. The number of allylic oxidation sites excluding steroid dienone is 2. The number of hydrogen-bond donors (Lipinski definition) is 1. The van der Waals surface area contributed by atoms with Crippen molar-refractivity contribution in [3.8, 4) is 0 Å². The first-order valence-corrected chi connectivity index (χ1v) is 15.7. The number of carbonyl (C=O) groups excluding carboxylic acids is 2. The molecule has 6 rings (SSSR count). The summed E-state index contributed by atoms with van der Waals surface area (Å²) in [6.07, 6.45) is 1.54. The summed E-state index contributed by atoms with van der Waals surface area (Å²) in [6, 6.07) is 38.6. The van der Waals surface area contributed by atoms with Crippen LogP contribution < -0.4 is 5.32 Å². The molecule has 2 atom stereocenters. The third-order valence-electron chi connectivity index (χ3n) is 7.83. The third kappa shape index (κ3) is 6.63. The van der Waals surface area contributed by atoms with Gasteiger partial charge in [-0.25, -0.2) is 0 Å². The fourth-order valence-corrected chi connectivity index (χ4v) is 6.25. The third-order valence-corrected chi connectivity index (χ3v) is 8.83. The molecule has 0 saturated carbocycles. The van der Waals surface area contributed by atoms with E-state index < -0.39 is 11.8 Å². The molecule has 0 radical (unpaired) electrons. The number of carbonyl (C=O) groups is 2. The molecule has 7 heteroatoms. The van der Waals surface area contributed by atoms with Crippen LogP contribution in [0.15, 0.2) is 139 Å². The summed E-state index contributed by atoms with van der Waals surface area (Å²) in [5.74, 6) is -1.92. The smallest absolute Gasteiger partial charge is 0.235 e. The first-order chi connectivity index (χ1) is 21.8. The molecule has 0 spiro atoms. The number of rotatable bonds is 6. The molecule has 0 fully saturated rings. The van der Waals surface area contributed by atoms with E-state index in [1.165, 1.54) is 0 Å². The van der Waals surface area contributed by atoms with Crippen LogP contribution in [0.4, 0.5) is 0 Å². The van der Waals surface area contributed by atoms with E-state index in [0.717, 1.165) is 33.4 Å². The monoisotopic (exact) mass is 667 g/mol. The second-order valence-electron chi connectivity index (χ2n) is 10.6. The molecule has 1 N–H and O–H groups in total. The molecule has 0 saturated heterocycles. The van der Waals surface area contributed by atoms with Crippen molar-refractivity contribution in [2.24, 2.45) is 0 Å². The zero-order chi connectivity index (χ0) is 31.5. The van der Waals surface area contributed by atoms with Crippen LogP contribution in [-0.4, -0.2) is 11.7 Å². The van der Waals surface area contributed by atoms with E-state index in [1.807, 2.05) is 78.9 Å². The first-order valence-electron chi connectivity index (χ1n) is 14.2. The zero-order valence-corrected chi connectivity index (χ0v) is 26.7. The van der Waals surface area contributed by atoms with Gasteiger partial charge in [-0.05, 0) is 94.1 Å². The molecule has 45 heavy (non-hydrogen) atoms. The van der Waals surface area contributed by atoms with E-state index in [4.69, 9.17) is 46.4 Å². The van der Waals surface area contributed by atoms with Crippen molar-refractivity contribution >= 4 is 69.2 Å². The molecule has 5 aromatic rings. The molecule has 3 nitrogen and oxygen atoms in total. The van der Waals surface area contributed by atoms with Crippen molar-refractivity contribution in [1.29, 1.82) is 0 Å². The summed E-state index contributed by atoms with van der Waals surface area (Å²) in [4.78, 5) is 28.8. The Labute approximate surface area is 281 Å². The van der Waals surface area contributed by atoms with Gasteiger partial charge in [-0.2, -0.15) is 0 Å². The lowest BCUT2D eigenvalue weighted by Gasteiger charge is -2.33. The Kier molecular flexibility index (Phi) is 9.25. The van der Waals surface area contributed by atoms with E-state index in [-0.39, 0.29) is 11.7 Å². The Bertz CT molecular complexity index is 1910. The van der Waals surface area contributed by atoms with Crippen LogP contribution in [0.25, 0.3) is 11.1 Å². The highest BCUT2D eigenvalue weighted by molar-refractivity contribution is 6.31. The fourth-order valence-electron chi connectivity index (χ4n) is 5.75. The quantitative estimate of drug-likeness (QED) is 0.183. The van der Waals surface area contributed by atoms with Crippen LogP contribution in [0.5, 0.6) is 0 Å². The van der Waals surface area contributed by atoms with Gasteiger partial charge < -0.3 is 5.32 Å². The predicted molar refractivity (Wildman–Crippen MR) is 185 cm³/mol. The molecule has 5 aromatic carbocycles. The Morgan fingerprint density at radius 2 is 0.933 bits per heavy atom. The number of benzene rings is 5. The van der Waals surface area contributed by atoms with Gasteiger partial charge in [0.15, 0.2) is 5.78 Å². The molecule has 0 bridgehead atoms. The van der Waals surface area contributed by atoms with Crippen LogP contribution in [0.2, 0.25) is 20.1 Å². The topological polar surface area (TPSA) is 46.2 Å². The van der Waals surface area contributed by atoms with Crippen molar-refractivity contribution in [2.75, 3.05) is 0 Å². The number of amides is 1. The lowest BCUT2D eigenvalue weighted by molar-refractivity contribution is -0.120. The van der Waals surface area contributed by atoms with Gasteiger partial charge in [-0.15, -0.1) is 0 Å². The summed E-state index contributed by atoms with van der Waals surface area (Å²) in [6.45, 7) is 0. The molecule has 2 unspecified atom stereocenters. The van der Waals surface area contributed by atoms with E-state index in [2.05, 4.69) is 5.32 Å². The molecule has 0 aliphatic carbocycles. The minimum atomic E-state index is -0.740. The summed E-state index contributed by atoms with van der Waals surface area (Å²) >= 11 is 25.3. The maximum atomic E-state index is 14.5. The van der Waals surface area contributed by atoms with E-state index in [9.17, 15) is 9.59 Å². The van der Waals surface area contributed by atoms with E-state index in [0.29, 0.717) is 31.2 Å². The highest BCUT2D eigenvalue weighted by Gasteiger charge is 2.37. The number of Topliss-reactive ketones (excluding diaryl/α,β-unsaturated/α-hetero) is 1. The molecule has 0 aromatic heterocycles. The Morgan fingerprint density at radius 3 is 1.44 bits per heavy atom. The van der Waals surface area contributed by atoms with Gasteiger partial charge in [0.1, 0.15) is 0 Å². The lowest BCUT2D eigenvalue weighted by atomic mass is 9.71. The standard InChI is InChI=1S/C38H25Cl4NO2/c39-28-14-6-24(7-15-28)33-32(37(44)27-12-20-31(42)21-13-27)22-43-38(45)36(23-4-2-1-3-5-23)35(26-10-18-30(41)19-11-26)34(33)25-8-16-29(40)17-9-25/h1-22,33,36H,(H,43,45). The van der Waals surface area contributed by atoms with Gasteiger partial charge in [0, 0.05) is 43.3 Å². The zero-order valence-electron chi connectivity index (χ0n) is 23.7. The maximum absolute atomic E-state index is 14.5. The van der Waals surface area contributed by atoms with E-state index >= 15 is 0 Å². The summed E-state index contributed by atoms with van der Waals surface area (Å²) < 4.78 is 0. The van der Waals surface area contributed by atoms with Gasteiger partial charge >= 0.3 is 0 Å². The van der Waals surface area contributed by atoms with Crippen molar-refractivity contribution in [1.82, 2.24) is 5.32 Å². The fraction of sp³-hybridized carbons (Fsp3) is 0.0526. The average molecular weight is 669 g/mol. The van der Waals surface area contributed by atoms with Gasteiger partial charge in [-0.1, -0.05) is 113 Å².